The van der Waals surface area contributed by atoms with Gasteiger partial charge in [-0.05, 0) is 20.8 Å². The van der Waals surface area contributed by atoms with Crippen LogP contribution in [-0.2, 0) is 23.4 Å². The second kappa shape index (κ2) is 9.99. The van der Waals surface area contributed by atoms with Gasteiger partial charge in [0.1, 0.15) is 18.2 Å². The smallest absolute Gasteiger partial charge is 0.330 e. The molecule has 1 saturated heterocycles. The number of aliphatic hydroxyl groups is 1. The number of nitrogens with zero attached hydrogens (tertiary/aromatic N) is 1. The number of carbonyl (C=O) groups excluding carboxylic acids is 1. The summed E-state index contributed by atoms with van der Waals surface area (Å²) in [7, 11) is -2.85. The Hall–Kier alpha value is -0.820. The lowest BCUT2D eigenvalue weighted by Crippen LogP contribution is -2.40. The van der Waals surface area contributed by atoms with E-state index in [1.165, 1.54) is 13.1 Å². The van der Waals surface area contributed by atoms with Crippen LogP contribution in [0.15, 0.2) is 21.9 Å². The van der Waals surface area contributed by atoms with Crippen molar-refractivity contribution >= 4 is 46.0 Å². The molecule has 0 amide bonds. The molecule has 0 aliphatic carbocycles. The lowest BCUT2D eigenvalue weighted by Gasteiger charge is -2.24. The van der Waals surface area contributed by atoms with Gasteiger partial charge in [-0.2, -0.15) is 0 Å². The zero-order chi connectivity index (χ0) is 21.9. The first kappa shape index (κ1) is 24.4. The van der Waals surface area contributed by atoms with Gasteiger partial charge >= 0.3 is 11.7 Å². The van der Waals surface area contributed by atoms with E-state index in [0.717, 1.165) is 10.6 Å². The molecule has 1 aromatic heterocycles. The lowest BCUT2D eigenvalue weighted by atomic mass is 10.2. The SMILES string of the molecule is CC(C)OC(=O)[C@H](C)N[PH](=O)OC[C@H]1O[C@@H](n2ccc(=O)[nH]c2=O)C(Br)(Br)[C@@H]1O. The van der Waals surface area contributed by atoms with Crippen LogP contribution in [0.4, 0.5) is 0 Å². The number of carbonyl (C=O) groups is 1. The topological polar surface area (TPSA) is 149 Å². The number of H-pyrrole nitrogens is 1. The Kier molecular flexibility index (Phi) is 8.42. The molecule has 1 unspecified atom stereocenters. The number of alkyl halides is 2. The molecule has 0 spiro atoms. The first-order chi connectivity index (χ1) is 13.4. The molecule has 0 radical (unpaired) electrons. The molecule has 1 aliphatic heterocycles. The highest BCUT2D eigenvalue weighted by molar-refractivity contribution is 9.25. The molecule has 5 atom stereocenters. The van der Waals surface area contributed by atoms with Crippen molar-refractivity contribution in [3.05, 3.63) is 33.1 Å². The molecule has 1 aromatic rings. The van der Waals surface area contributed by atoms with Crippen LogP contribution in [0.5, 0.6) is 0 Å². The minimum Gasteiger partial charge on any atom is -0.462 e. The van der Waals surface area contributed by atoms with Gasteiger partial charge < -0.3 is 19.1 Å². The molecule has 14 heteroatoms. The Labute approximate surface area is 183 Å². The lowest BCUT2D eigenvalue weighted by molar-refractivity contribution is -0.149. The normalized spacial score (nSPS) is 25.7. The highest BCUT2D eigenvalue weighted by Gasteiger charge is 2.54. The van der Waals surface area contributed by atoms with Crippen LogP contribution in [0.1, 0.15) is 27.0 Å². The van der Waals surface area contributed by atoms with Crippen molar-refractivity contribution in [1.82, 2.24) is 14.6 Å². The number of aromatic amines is 1. The zero-order valence-electron chi connectivity index (χ0n) is 15.8. The number of aromatic nitrogens is 2. The van der Waals surface area contributed by atoms with Crippen LogP contribution in [0.2, 0.25) is 0 Å². The first-order valence-electron chi connectivity index (χ1n) is 8.60. The quantitative estimate of drug-likeness (QED) is 0.235. The standard InChI is InChI=1S/C15H22Br2N3O8P/c1-7(2)27-12(23)8(3)19-29(25)26-6-9-11(22)15(16,17)13(28-9)20-5-4-10(21)18-14(20)24/h4-5,7-9,11,13,22,29H,6H2,1-3H3,(H,19,25)(H,18,21,24)/t8-,9+,11+,13+/m0/s1. The maximum absolute atomic E-state index is 12.1. The predicted molar refractivity (Wildman–Crippen MR) is 111 cm³/mol. The Morgan fingerprint density at radius 2 is 2.10 bits per heavy atom. The van der Waals surface area contributed by atoms with Gasteiger partial charge in [0.05, 0.1) is 12.7 Å². The minimum absolute atomic E-state index is 0.286. The van der Waals surface area contributed by atoms with E-state index in [1.807, 2.05) is 0 Å². The monoisotopic (exact) mass is 561 g/mol. The van der Waals surface area contributed by atoms with E-state index in [0.29, 0.717) is 0 Å². The van der Waals surface area contributed by atoms with Crippen molar-refractivity contribution in [1.29, 1.82) is 0 Å². The molecule has 0 saturated carbocycles. The number of halogens is 2. The number of hydrogen-bond donors (Lipinski definition) is 3. The molecule has 1 aliphatic rings. The molecule has 2 heterocycles. The van der Waals surface area contributed by atoms with Crippen molar-refractivity contribution in [2.45, 2.75) is 54.6 Å². The van der Waals surface area contributed by atoms with Crippen LogP contribution in [0.25, 0.3) is 0 Å². The highest BCUT2D eigenvalue weighted by Crippen LogP contribution is 2.49. The molecule has 3 N–H and O–H groups in total. The van der Waals surface area contributed by atoms with E-state index in [2.05, 4.69) is 41.9 Å². The van der Waals surface area contributed by atoms with Crippen molar-refractivity contribution in [2.24, 2.45) is 0 Å². The maximum Gasteiger partial charge on any atom is 0.330 e. The van der Waals surface area contributed by atoms with Crippen molar-refractivity contribution in [3.8, 4) is 0 Å². The Morgan fingerprint density at radius 1 is 1.45 bits per heavy atom. The number of hydrogen-bond acceptors (Lipinski definition) is 8. The van der Waals surface area contributed by atoms with Crippen LogP contribution in [0.3, 0.4) is 0 Å². The summed E-state index contributed by atoms with van der Waals surface area (Å²) < 4.78 is 27.8. The van der Waals surface area contributed by atoms with Gasteiger partial charge in [0.2, 0.25) is 0 Å². The number of ether oxygens (including phenoxy) is 2. The second-order valence-corrected chi connectivity index (χ2v) is 11.5. The molecule has 0 aromatic carbocycles. The fraction of sp³-hybridized carbons (Fsp3) is 0.667. The van der Waals surface area contributed by atoms with Gasteiger partial charge in [0.15, 0.2) is 9.46 Å². The maximum atomic E-state index is 12.1. The average Bonchev–Trinajstić information content (AvgIpc) is 2.82. The fourth-order valence-electron chi connectivity index (χ4n) is 2.49. The Balaban J connectivity index is 2.00. The molecule has 29 heavy (non-hydrogen) atoms. The number of rotatable bonds is 8. The first-order valence-corrected chi connectivity index (χ1v) is 11.5. The van der Waals surface area contributed by atoms with Gasteiger partial charge in [0, 0.05) is 12.3 Å². The average molecular weight is 563 g/mol. The summed E-state index contributed by atoms with van der Waals surface area (Å²) in [5.74, 6) is -0.573. The number of esters is 1. The summed E-state index contributed by atoms with van der Waals surface area (Å²) in [5, 5.41) is 13.0. The van der Waals surface area contributed by atoms with E-state index in [9.17, 15) is 24.1 Å². The molecule has 11 nitrogen and oxygen atoms in total. The summed E-state index contributed by atoms with van der Waals surface area (Å²) in [6.45, 7) is 4.59. The van der Waals surface area contributed by atoms with Gasteiger partial charge in [-0.3, -0.25) is 23.7 Å². The van der Waals surface area contributed by atoms with Gasteiger partial charge in [-0.1, -0.05) is 31.9 Å². The van der Waals surface area contributed by atoms with Crippen molar-refractivity contribution in [2.75, 3.05) is 6.61 Å². The van der Waals surface area contributed by atoms with Crippen LogP contribution >= 0.6 is 40.0 Å². The zero-order valence-corrected chi connectivity index (χ0v) is 19.9. The van der Waals surface area contributed by atoms with E-state index < -0.39 is 53.1 Å². The Morgan fingerprint density at radius 3 is 2.69 bits per heavy atom. The van der Waals surface area contributed by atoms with Gasteiger partial charge in [0.25, 0.3) is 13.7 Å². The minimum atomic E-state index is -2.85. The summed E-state index contributed by atoms with van der Waals surface area (Å²) >= 11 is 6.56. The number of aliphatic hydroxyl groups excluding tert-OH is 1. The van der Waals surface area contributed by atoms with Crippen molar-refractivity contribution < 1.29 is 28.5 Å². The van der Waals surface area contributed by atoms with Gasteiger partial charge in [-0.25, -0.2) is 9.88 Å². The van der Waals surface area contributed by atoms with Gasteiger partial charge in [-0.15, -0.1) is 0 Å². The Bertz CT molecular complexity index is 874. The third-order valence-corrected chi connectivity index (χ3v) is 6.72. The third kappa shape index (κ3) is 6.09. The van der Waals surface area contributed by atoms with Crippen LogP contribution in [0, 0.1) is 0 Å². The fourth-order valence-corrected chi connectivity index (χ4v) is 4.60. The molecule has 2 rings (SSSR count). The van der Waals surface area contributed by atoms with E-state index >= 15 is 0 Å². The van der Waals surface area contributed by atoms with E-state index in [4.69, 9.17) is 14.0 Å². The summed E-state index contributed by atoms with van der Waals surface area (Å²) in [4.78, 5) is 37.1. The third-order valence-electron chi connectivity index (χ3n) is 3.90. The number of nitrogens with one attached hydrogen (secondary N) is 2. The van der Waals surface area contributed by atoms with E-state index in [1.54, 1.807) is 13.8 Å². The highest BCUT2D eigenvalue weighted by atomic mass is 79.9. The molecule has 164 valence electrons. The summed E-state index contributed by atoms with van der Waals surface area (Å²) in [5.41, 5.74) is -1.30. The predicted octanol–water partition coefficient (Wildman–Crippen LogP) is 0.617. The molecular formula is C15H22Br2N3O8P. The largest absolute Gasteiger partial charge is 0.462 e. The molecule has 1 fully saturated rings. The second-order valence-electron chi connectivity index (χ2n) is 6.61. The van der Waals surface area contributed by atoms with E-state index in [-0.39, 0.29) is 12.7 Å². The molecule has 0 bridgehead atoms. The van der Waals surface area contributed by atoms with Crippen molar-refractivity contribution in [3.63, 3.8) is 0 Å². The summed E-state index contributed by atoms with van der Waals surface area (Å²) in [6.07, 6.45) is -2.29. The molecular weight excluding hydrogens is 541 g/mol. The van der Waals surface area contributed by atoms with Crippen LogP contribution < -0.4 is 16.3 Å². The summed E-state index contributed by atoms with van der Waals surface area (Å²) in [6, 6.07) is 0.286. The van der Waals surface area contributed by atoms with Crippen LogP contribution in [-0.4, -0.2) is 54.8 Å².